The fourth-order valence-corrected chi connectivity index (χ4v) is 5.41. The number of halogens is 1. The summed E-state index contributed by atoms with van der Waals surface area (Å²) in [4.78, 5) is 13.7. The average Bonchev–Trinajstić information content (AvgIpc) is 2.63. The first-order chi connectivity index (χ1) is 12.1. The molecule has 5 nitrogen and oxygen atoms in total. The Hall–Kier alpha value is -0.700. The maximum absolute atomic E-state index is 4.69. The van der Waals surface area contributed by atoms with Crippen LogP contribution in [0.3, 0.4) is 0 Å². The molecule has 1 saturated heterocycles. The zero-order chi connectivity index (χ0) is 17.7. The molecule has 0 unspecified atom stereocenters. The van der Waals surface area contributed by atoms with Crippen LogP contribution >= 0.6 is 35.7 Å². The van der Waals surface area contributed by atoms with Gasteiger partial charge >= 0.3 is 0 Å². The largest absolute Gasteiger partial charge is 0.363 e. The molecule has 1 aromatic rings. The summed E-state index contributed by atoms with van der Waals surface area (Å²) in [5, 5.41) is 3.53. The number of guanidine groups is 1. The van der Waals surface area contributed by atoms with E-state index in [0.717, 1.165) is 30.6 Å². The van der Waals surface area contributed by atoms with Gasteiger partial charge in [-0.1, -0.05) is 25.3 Å². The summed E-state index contributed by atoms with van der Waals surface area (Å²) in [6.45, 7) is 2.92. The summed E-state index contributed by atoms with van der Waals surface area (Å²) >= 11 is 2.20. The minimum atomic E-state index is 0. The highest BCUT2D eigenvalue weighted by Gasteiger charge is 2.38. The van der Waals surface area contributed by atoms with Crippen LogP contribution in [0.1, 0.15) is 37.8 Å². The summed E-state index contributed by atoms with van der Waals surface area (Å²) in [5.41, 5.74) is 1.05. The van der Waals surface area contributed by atoms with Gasteiger partial charge < -0.3 is 15.1 Å². The smallest absolute Gasteiger partial charge is 0.194 e. The fourth-order valence-electron chi connectivity index (χ4n) is 3.84. The first-order valence-corrected chi connectivity index (χ1v) is 10.3. The molecular weight excluding hydrogens is 457 g/mol. The van der Waals surface area contributed by atoms with E-state index in [1.165, 1.54) is 37.9 Å². The molecule has 1 aromatic heterocycles. The molecule has 1 aliphatic carbocycles. The zero-order valence-corrected chi connectivity index (χ0v) is 19.3. The minimum absolute atomic E-state index is 0. The monoisotopic (exact) mass is 489 g/mol. The molecule has 0 radical (unpaired) electrons. The molecule has 1 spiro atoms. The lowest BCUT2D eigenvalue weighted by Gasteiger charge is -2.45. The summed E-state index contributed by atoms with van der Waals surface area (Å²) in [6, 6.07) is 6.17. The fraction of sp³-hybridized carbons (Fsp3) is 0.684. The number of hydrogen-bond donors (Lipinski definition) is 1. The van der Waals surface area contributed by atoms with Gasteiger partial charge in [0, 0.05) is 44.7 Å². The van der Waals surface area contributed by atoms with E-state index in [1.54, 1.807) is 0 Å². The second-order valence-corrected chi connectivity index (χ2v) is 8.86. The molecule has 26 heavy (non-hydrogen) atoms. The highest BCUT2D eigenvalue weighted by molar-refractivity contribution is 14.0. The van der Waals surface area contributed by atoms with Crippen molar-refractivity contribution in [1.29, 1.82) is 0 Å². The molecule has 2 aliphatic rings. The molecule has 2 fully saturated rings. The number of hydrogen-bond acceptors (Lipinski definition) is 4. The Labute approximate surface area is 179 Å². The van der Waals surface area contributed by atoms with Gasteiger partial charge in [-0.25, -0.2) is 4.98 Å². The van der Waals surface area contributed by atoms with Crippen molar-refractivity contribution >= 4 is 47.5 Å². The van der Waals surface area contributed by atoms with Crippen molar-refractivity contribution in [2.45, 2.75) is 43.4 Å². The van der Waals surface area contributed by atoms with Crippen molar-refractivity contribution in [2.24, 2.45) is 4.99 Å². The molecule has 1 N–H and O–H groups in total. The van der Waals surface area contributed by atoms with Crippen LogP contribution in [0, 0.1) is 0 Å². The number of anilines is 1. The van der Waals surface area contributed by atoms with Gasteiger partial charge in [0.1, 0.15) is 5.82 Å². The minimum Gasteiger partial charge on any atom is -0.363 e. The molecular formula is C19H32IN5S. The van der Waals surface area contributed by atoms with Crippen molar-refractivity contribution in [3.63, 3.8) is 0 Å². The molecule has 7 heteroatoms. The number of pyridine rings is 1. The highest BCUT2D eigenvalue weighted by Crippen LogP contribution is 2.42. The van der Waals surface area contributed by atoms with Crippen molar-refractivity contribution in [2.75, 3.05) is 44.9 Å². The van der Waals surface area contributed by atoms with E-state index in [9.17, 15) is 0 Å². The van der Waals surface area contributed by atoms with Gasteiger partial charge in [0.2, 0.25) is 0 Å². The molecule has 3 rings (SSSR count). The molecule has 0 aromatic carbocycles. The van der Waals surface area contributed by atoms with Crippen LogP contribution in [0.15, 0.2) is 23.2 Å². The second-order valence-electron chi connectivity index (χ2n) is 7.30. The van der Waals surface area contributed by atoms with Gasteiger partial charge in [0.15, 0.2) is 5.96 Å². The Morgan fingerprint density at radius 2 is 2.08 bits per heavy atom. The maximum atomic E-state index is 4.69. The molecule has 0 amide bonds. The number of nitrogens with one attached hydrogen (secondary N) is 1. The number of nitrogens with zero attached hydrogens (tertiary/aromatic N) is 4. The van der Waals surface area contributed by atoms with Gasteiger partial charge in [-0.2, -0.15) is 11.8 Å². The van der Waals surface area contributed by atoms with Crippen LogP contribution in [0.5, 0.6) is 0 Å². The zero-order valence-electron chi connectivity index (χ0n) is 16.2. The summed E-state index contributed by atoms with van der Waals surface area (Å²) in [5.74, 6) is 3.21. The second kappa shape index (κ2) is 10.0. The summed E-state index contributed by atoms with van der Waals surface area (Å²) < 4.78 is 0.456. The van der Waals surface area contributed by atoms with Gasteiger partial charge in [0.25, 0.3) is 0 Å². The van der Waals surface area contributed by atoms with Crippen molar-refractivity contribution in [3.05, 3.63) is 23.9 Å². The van der Waals surface area contributed by atoms with E-state index in [1.807, 2.05) is 32.1 Å². The van der Waals surface area contributed by atoms with E-state index in [4.69, 9.17) is 4.98 Å². The normalized spacial score (nSPS) is 19.8. The van der Waals surface area contributed by atoms with Crippen LogP contribution in [-0.4, -0.2) is 60.6 Å². The molecule has 2 heterocycles. The van der Waals surface area contributed by atoms with Crippen molar-refractivity contribution < 1.29 is 0 Å². The number of thioether (sulfide) groups is 1. The number of rotatable bonds is 3. The Bertz CT molecular complexity index is 596. The molecule has 0 bridgehead atoms. The van der Waals surface area contributed by atoms with Gasteiger partial charge in [-0.05, 0) is 25.0 Å². The Morgan fingerprint density at radius 1 is 1.31 bits per heavy atom. The summed E-state index contributed by atoms with van der Waals surface area (Å²) in [7, 11) is 5.93. The third kappa shape index (κ3) is 5.41. The van der Waals surface area contributed by atoms with Gasteiger partial charge in [0.05, 0.1) is 12.2 Å². The molecule has 1 saturated carbocycles. The first-order valence-electron chi connectivity index (χ1n) is 9.35. The predicted octanol–water partition coefficient (Wildman–Crippen LogP) is 3.59. The number of aromatic nitrogens is 1. The quantitative estimate of drug-likeness (QED) is 0.400. The third-order valence-corrected chi connectivity index (χ3v) is 6.74. The van der Waals surface area contributed by atoms with Crippen LogP contribution < -0.4 is 10.2 Å². The van der Waals surface area contributed by atoms with Gasteiger partial charge in [-0.15, -0.1) is 24.0 Å². The van der Waals surface area contributed by atoms with Crippen LogP contribution in [0.4, 0.5) is 5.82 Å². The van der Waals surface area contributed by atoms with Crippen LogP contribution in [-0.2, 0) is 6.54 Å². The van der Waals surface area contributed by atoms with E-state index in [-0.39, 0.29) is 24.0 Å². The van der Waals surface area contributed by atoms with Crippen molar-refractivity contribution in [3.8, 4) is 0 Å². The lowest BCUT2D eigenvalue weighted by Crippen LogP contribution is -2.53. The van der Waals surface area contributed by atoms with Gasteiger partial charge in [-0.3, -0.25) is 4.99 Å². The van der Waals surface area contributed by atoms with E-state index in [2.05, 4.69) is 39.1 Å². The average molecular weight is 489 g/mol. The van der Waals surface area contributed by atoms with Crippen molar-refractivity contribution in [1.82, 2.24) is 15.2 Å². The lowest BCUT2D eigenvalue weighted by molar-refractivity contribution is 0.293. The topological polar surface area (TPSA) is 43.8 Å². The first kappa shape index (κ1) is 21.6. The maximum Gasteiger partial charge on any atom is 0.194 e. The summed E-state index contributed by atoms with van der Waals surface area (Å²) in [6.07, 6.45) is 6.89. The van der Waals surface area contributed by atoms with E-state index in [0.29, 0.717) is 11.3 Å². The lowest BCUT2D eigenvalue weighted by atomic mass is 9.87. The standard InChI is InChI=1S/C19H31N5S.HI/c1-20-18(21-14-16-8-7-9-17(22-16)23(2)3)24-12-13-25-19(15-24)10-5-4-6-11-19;/h7-9H,4-6,10-15H2,1-3H3,(H,20,21);1H. The van der Waals surface area contributed by atoms with Crippen LogP contribution in [0.2, 0.25) is 0 Å². The third-order valence-electron chi connectivity index (χ3n) is 5.20. The van der Waals surface area contributed by atoms with E-state index >= 15 is 0 Å². The Balaban J connectivity index is 0.00000243. The Kier molecular flexibility index (Phi) is 8.32. The molecule has 1 aliphatic heterocycles. The SMILES string of the molecule is CN=C(NCc1cccc(N(C)C)n1)N1CCSC2(CCCCC2)C1.I. The predicted molar refractivity (Wildman–Crippen MR) is 124 cm³/mol. The Morgan fingerprint density at radius 3 is 2.77 bits per heavy atom. The molecule has 0 atom stereocenters. The van der Waals surface area contributed by atoms with Crippen LogP contribution in [0.25, 0.3) is 0 Å². The molecule has 146 valence electrons. The number of aliphatic imine (C=N–C) groups is 1. The van der Waals surface area contributed by atoms with E-state index < -0.39 is 0 Å². The highest BCUT2D eigenvalue weighted by atomic mass is 127.